The van der Waals surface area contributed by atoms with Crippen molar-refractivity contribution in [2.75, 3.05) is 5.73 Å². The Labute approximate surface area is 93.9 Å². The molecule has 0 saturated heterocycles. The van der Waals surface area contributed by atoms with Gasteiger partial charge in [-0.1, -0.05) is 30.3 Å². The highest BCUT2D eigenvalue weighted by Crippen LogP contribution is 2.13. The molecule has 0 aliphatic rings. The molecule has 0 radical (unpaired) electrons. The summed E-state index contributed by atoms with van der Waals surface area (Å²) in [7, 11) is 0. The second-order valence-corrected chi connectivity index (χ2v) is 3.68. The Bertz CT molecular complexity index is 469. The van der Waals surface area contributed by atoms with Gasteiger partial charge in [0.1, 0.15) is 5.82 Å². The molecule has 2 N–H and O–H groups in total. The lowest BCUT2D eigenvalue weighted by atomic mass is 10.1. The van der Waals surface area contributed by atoms with Gasteiger partial charge in [0.25, 0.3) is 0 Å². The lowest BCUT2D eigenvalue weighted by molar-refractivity contribution is 0.620. The normalized spacial score (nSPS) is 10.3. The fourth-order valence-electron chi connectivity index (χ4n) is 1.60. The Hall–Kier alpha value is -1.90. The van der Waals surface area contributed by atoms with Gasteiger partial charge in [0.2, 0.25) is 0 Å². The zero-order valence-electron chi connectivity index (χ0n) is 8.86. The van der Waals surface area contributed by atoms with Crippen molar-refractivity contribution < 1.29 is 4.39 Å². The number of nitrogen functional groups attached to an aromatic ring is 1. The largest absolute Gasteiger partial charge is 0.397 e. The second kappa shape index (κ2) is 4.75. The summed E-state index contributed by atoms with van der Waals surface area (Å²) < 4.78 is 12.8. The summed E-state index contributed by atoms with van der Waals surface area (Å²) in [6, 6.07) is 11.4. The van der Waals surface area contributed by atoms with Crippen LogP contribution in [0, 0.1) is 5.82 Å². The molecule has 2 rings (SSSR count). The van der Waals surface area contributed by atoms with Crippen LogP contribution >= 0.6 is 0 Å². The summed E-state index contributed by atoms with van der Waals surface area (Å²) in [6.45, 7) is 0. The molecule has 0 atom stereocenters. The van der Waals surface area contributed by atoms with E-state index in [-0.39, 0.29) is 5.82 Å². The maximum atomic E-state index is 12.8. The summed E-state index contributed by atoms with van der Waals surface area (Å²) in [5, 5.41) is 0. The van der Waals surface area contributed by atoms with E-state index in [0.717, 1.165) is 18.5 Å². The van der Waals surface area contributed by atoms with Crippen LogP contribution in [0.4, 0.5) is 10.1 Å². The predicted octanol–water partition coefficient (Wildman–Crippen LogP) is 2.59. The van der Waals surface area contributed by atoms with E-state index in [4.69, 9.17) is 5.73 Å². The van der Waals surface area contributed by atoms with Gasteiger partial charge in [-0.2, -0.15) is 0 Å². The fourth-order valence-corrected chi connectivity index (χ4v) is 1.60. The van der Waals surface area contributed by atoms with Crippen LogP contribution in [-0.4, -0.2) is 4.98 Å². The minimum Gasteiger partial charge on any atom is -0.397 e. The Morgan fingerprint density at radius 3 is 2.56 bits per heavy atom. The fraction of sp³-hybridized carbons (Fsp3) is 0.154. The van der Waals surface area contributed by atoms with Crippen molar-refractivity contribution >= 4 is 5.69 Å². The van der Waals surface area contributed by atoms with Gasteiger partial charge in [0.15, 0.2) is 0 Å². The highest BCUT2D eigenvalue weighted by molar-refractivity contribution is 5.42. The molecule has 82 valence electrons. The first-order valence-corrected chi connectivity index (χ1v) is 5.19. The van der Waals surface area contributed by atoms with E-state index in [2.05, 4.69) is 17.1 Å². The lowest BCUT2D eigenvalue weighted by Crippen LogP contribution is -2.01. The molecule has 0 bridgehead atoms. The van der Waals surface area contributed by atoms with Gasteiger partial charge >= 0.3 is 0 Å². The molecule has 0 spiro atoms. The first-order chi connectivity index (χ1) is 7.75. The number of aryl methyl sites for hydroxylation is 2. The monoisotopic (exact) mass is 216 g/mol. The third-order valence-electron chi connectivity index (χ3n) is 2.46. The van der Waals surface area contributed by atoms with Gasteiger partial charge in [-0.05, 0) is 18.4 Å². The summed E-state index contributed by atoms with van der Waals surface area (Å²) in [5.74, 6) is -0.388. The van der Waals surface area contributed by atoms with Crippen LogP contribution in [-0.2, 0) is 12.8 Å². The van der Waals surface area contributed by atoms with Crippen LogP contribution in [0.5, 0.6) is 0 Å². The number of hydrogen-bond donors (Lipinski definition) is 1. The van der Waals surface area contributed by atoms with Crippen molar-refractivity contribution in [3.8, 4) is 0 Å². The quantitative estimate of drug-likeness (QED) is 0.856. The van der Waals surface area contributed by atoms with E-state index in [1.54, 1.807) is 0 Å². The number of halogens is 1. The lowest BCUT2D eigenvalue weighted by Gasteiger charge is -2.04. The average Bonchev–Trinajstić information content (AvgIpc) is 2.29. The second-order valence-electron chi connectivity index (χ2n) is 3.68. The molecule has 1 aromatic carbocycles. The van der Waals surface area contributed by atoms with Crippen molar-refractivity contribution in [1.82, 2.24) is 4.98 Å². The van der Waals surface area contributed by atoms with E-state index in [0.29, 0.717) is 5.69 Å². The van der Waals surface area contributed by atoms with E-state index in [1.165, 1.54) is 17.8 Å². The maximum absolute atomic E-state index is 12.8. The van der Waals surface area contributed by atoms with Gasteiger partial charge in [-0.15, -0.1) is 0 Å². The maximum Gasteiger partial charge on any atom is 0.143 e. The number of nitrogens with zero attached hydrogens (tertiary/aromatic N) is 1. The van der Waals surface area contributed by atoms with Gasteiger partial charge in [-0.3, -0.25) is 4.98 Å². The van der Waals surface area contributed by atoms with Crippen molar-refractivity contribution in [2.24, 2.45) is 0 Å². The highest BCUT2D eigenvalue weighted by atomic mass is 19.1. The summed E-state index contributed by atoms with van der Waals surface area (Å²) in [5.41, 5.74) is 8.09. The van der Waals surface area contributed by atoms with Gasteiger partial charge in [0, 0.05) is 6.07 Å². The molecule has 2 nitrogen and oxygen atoms in total. The molecule has 1 aromatic heterocycles. The van der Waals surface area contributed by atoms with E-state index >= 15 is 0 Å². The Balaban J connectivity index is 2.05. The molecular formula is C13H13FN2. The number of hydrogen-bond acceptors (Lipinski definition) is 2. The van der Waals surface area contributed by atoms with Crippen LogP contribution in [0.3, 0.4) is 0 Å². The predicted molar refractivity (Wildman–Crippen MR) is 62.5 cm³/mol. The standard InChI is InChI=1S/C13H13FN2/c14-11-8-12(15)13(16-9-11)7-6-10-4-2-1-3-5-10/h1-5,8-9H,6-7,15H2. The minimum atomic E-state index is -0.388. The Morgan fingerprint density at radius 1 is 1.12 bits per heavy atom. The van der Waals surface area contributed by atoms with Crippen LogP contribution in [0.1, 0.15) is 11.3 Å². The Kier molecular flexibility index (Phi) is 3.15. The first kappa shape index (κ1) is 10.6. The van der Waals surface area contributed by atoms with E-state index in [1.807, 2.05) is 18.2 Å². The molecule has 0 aliphatic heterocycles. The van der Waals surface area contributed by atoms with Gasteiger partial charge in [-0.25, -0.2) is 4.39 Å². The van der Waals surface area contributed by atoms with Crippen LogP contribution in [0.2, 0.25) is 0 Å². The third kappa shape index (κ3) is 2.57. The topological polar surface area (TPSA) is 38.9 Å². The molecule has 0 saturated carbocycles. The zero-order chi connectivity index (χ0) is 11.4. The minimum absolute atomic E-state index is 0.388. The molecule has 2 aromatic rings. The first-order valence-electron chi connectivity index (χ1n) is 5.19. The van der Waals surface area contributed by atoms with Crippen LogP contribution in [0.25, 0.3) is 0 Å². The van der Waals surface area contributed by atoms with Crippen molar-refractivity contribution in [2.45, 2.75) is 12.8 Å². The summed E-state index contributed by atoms with van der Waals surface area (Å²) in [6.07, 6.45) is 2.80. The van der Waals surface area contributed by atoms with E-state index < -0.39 is 0 Å². The molecule has 0 amide bonds. The molecule has 0 fully saturated rings. The third-order valence-corrected chi connectivity index (χ3v) is 2.46. The van der Waals surface area contributed by atoms with Crippen LogP contribution in [0.15, 0.2) is 42.6 Å². The number of aromatic nitrogens is 1. The number of benzene rings is 1. The zero-order valence-corrected chi connectivity index (χ0v) is 8.86. The van der Waals surface area contributed by atoms with Crippen LogP contribution < -0.4 is 5.73 Å². The van der Waals surface area contributed by atoms with Gasteiger partial charge in [0.05, 0.1) is 17.6 Å². The molecule has 3 heteroatoms. The average molecular weight is 216 g/mol. The Morgan fingerprint density at radius 2 is 1.88 bits per heavy atom. The SMILES string of the molecule is Nc1cc(F)cnc1CCc1ccccc1. The number of pyridine rings is 1. The summed E-state index contributed by atoms with van der Waals surface area (Å²) >= 11 is 0. The number of rotatable bonds is 3. The highest BCUT2D eigenvalue weighted by Gasteiger charge is 2.02. The molecule has 0 unspecified atom stereocenters. The molecule has 16 heavy (non-hydrogen) atoms. The van der Waals surface area contributed by atoms with Crippen molar-refractivity contribution in [3.63, 3.8) is 0 Å². The molecule has 0 aliphatic carbocycles. The van der Waals surface area contributed by atoms with Crippen molar-refractivity contribution in [3.05, 3.63) is 59.7 Å². The van der Waals surface area contributed by atoms with Crippen molar-refractivity contribution in [1.29, 1.82) is 0 Å². The van der Waals surface area contributed by atoms with E-state index in [9.17, 15) is 4.39 Å². The molecule has 1 heterocycles. The number of anilines is 1. The molecular weight excluding hydrogens is 203 g/mol. The summed E-state index contributed by atoms with van der Waals surface area (Å²) in [4.78, 5) is 3.99. The van der Waals surface area contributed by atoms with Gasteiger partial charge < -0.3 is 5.73 Å². The number of nitrogens with two attached hydrogens (primary N) is 1. The smallest absolute Gasteiger partial charge is 0.143 e.